The van der Waals surface area contributed by atoms with Crippen LogP contribution in [-0.2, 0) is 27.8 Å². The predicted octanol–water partition coefficient (Wildman–Crippen LogP) is 0.228. The van der Waals surface area contributed by atoms with Crippen molar-refractivity contribution < 1.29 is 22.5 Å². The maximum absolute atomic E-state index is 11.7. The molecule has 0 aliphatic rings. The van der Waals surface area contributed by atoms with E-state index in [0.717, 1.165) is 0 Å². The van der Waals surface area contributed by atoms with E-state index < -0.39 is 16.1 Å². The zero-order valence-electron chi connectivity index (χ0n) is 12.9. The van der Waals surface area contributed by atoms with Crippen LogP contribution in [0.15, 0.2) is 33.7 Å². The zero-order chi connectivity index (χ0) is 17.6. The van der Waals surface area contributed by atoms with Crippen molar-refractivity contribution in [2.24, 2.45) is 5.14 Å². The summed E-state index contributed by atoms with van der Waals surface area (Å²) in [5.74, 6) is 0.826. The maximum atomic E-state index is 11.7. The molecule has 0 spiro atoms. The normalized spacial score (nSPS) is 11.2. The van der Waals surface area contributed by atoms with Crippen molar-refractivity contribution in [2.45, 2.75) is 17.9 Å². The van der Waals surface area contributed by atoms with Crippen LogP contribution in [0.4, 0.5) is 10.5 Å². The molecule has 4 N–H and O–H groups in total. The summed E-state index contributed by atoms with van der Waals surface area (Å²) < 4.78 is 32.1. The fourth-order valence-corrected chi connectivity index (χ4v) is 2.28. The molecule has 1 aromatic carbocycles. The van der Waals surface area contributed by atoms with Gasteiger partial charge in [0.2, 0.25) is 15.9 Å². The molecule has 11 heteroatoms. The Hall–Kier alpha value is -2.50. The molecule has 0 bridgehead atoms. The molecule has 0 radical (unpaired) electrons. The number of nitrogens with two attached hydrogens (primary N) is 1. The highest BCUT2D eigenvalue weighted by molar-refractivity contribution is 7.89. The van der Waals surface area contributed by atoms with Crippen molar-refractivity contribution in [3.63, 3.8) is 0 Å². The van der Waals surface area contributed by atoms with Gasteiger partial charge in [0.25, 0.3) is 0 Å². The van der Waals surface area contributed by atoms with Crippen molar-refractivity contribution >= 4 is 21.7 Å². The third-order valence-electron chi connectivity index (χ3n) is 2.85. The summed E-state index contributed by atoms with van der Waals surface area (Å²) in [7, 11) is -2.23. The van der Waals surface area contributed by atoms with Crippen LogP contribution in [0, 0.1) is 0 Å². The van der Waals surface area contributed by atoms with Crippen molar-refractivity contribution in [2.75, 3.05) is 19.0 Å². The fourth-order valence-electron chi connectivity index (χ4n) is 1.77. The molecule has 2 amide bonds. The average molecular weight is 355 g/mol. The molecule has 24 heavy (non-hydrogen) atoms. The highest BCUT2D eigenvalue weighted by Gasteiger charge is 2.09. The molecule has 0 unspecified atom stereocenters. The lowest BCUT2D eigenvalue weighted by molar-refractivity contribution is 0.174. The van der Waals surface area contributed by atoms with Crippen LogP contribution in [0.2, 0.25) is 0 Å². The van der Waals surface area contributed by atoms with E-state index in [2.05, 4.69) is 20.8 Å². The Balaban J connectivity index is 1.78. The lowest BCUT2D eigenvalue weighted by Gasteiger charge is -2.07. The van der Waals surface area contributed by atoms with Gasteiger partial charge in [-0.15, -0.1) is 0 Å². The molecule has 0 atom stereocenters. The van der Waals surface area contributed by atoms with E-state index in [4.69, 9.17) is 14.4 Å². The first-order chi connectivity index (χ1) is 11.4. The Morgan fingerprint density at radius 2 is 2.04 bits per heavy atom. The topological polar surface area (TPSA) is 149 Å². The summed E-state index contributed by atoms with van der Waals surface area (Å²) in [5, 5.41) is 13.9. The van der Waals surface area contributed by atoms with Gasteiger partial charge in [-0.05, 0) is 24.3 Å². The van der Waals surface area contributed by atoms with Crippen LogP contribution in [0.3, 0.4) is 0 Å². The van der Waals surface area contributed by atoms with Gasteiger partial charge in [0.15, 0.2) is 5.82 Å². The van der Waals surface area contributed by atoms with Gasteiger partial charge >= 0.3 is 6.03 Å². The summed E-state index contributed by atoms with van der Waals surface area (Å²) in [4.78, 5) is 15.8. The molecule has 0 fully saturated rings. The summed E-state index contributed by atoms with van der Waals surface area (Å²) in [6, 6.07) is 5.04. The molecule has 0 saturated carbocycles. The first kappa shape index (κ1) is 17.8. The number of amides is 2. The van der Waals surface area contributed by atoms with E-state index in [1.165, 1.54) is 31.4 Å². The largest absolute Gasteiger partial charge is 0.377 e. The lowest BCUT2D eigenvalue weighted by atomic mass is 10.3. The van der Waals surface area contributed by atoms with Gasteiger partial charge in [0, 0.05) is 25.8 Å². The second-order valence-electron chi connectivity index (χ2n) is 4.74. The SMILES string of the molecule is COCc1noc(CCNC(=O)Nc2ccc(S(N)(=O)=O)cc2)n1. The Bertz CT molecular complexity index is 787. The number of primary sulfonamides is 1. The summed E-state index contributed by atoms with van der Waals surface area (Å²) >= 11 is 0. The molecule has 1 heterocycles. The minimum absolute atomic E-state index is 0.0308. The highest BCUT2D eigenvalue weighted by atomic mass is 32.2. The molecular formula is C13H17N5O5S. The van der Waals surface area contributed by atoms with Crippen LogP contribution in [0.1, 0.15) is 11.7 Å². The van der Waals surface area contributed by atoms with E-state index in [-0.39, 0.29) is 18.0 Å². The molecule has 2 aromatic rings. The number of aromatic nitrogens is 2. The van der Waals surface area contributed by atoms with E-state index >= 15 is 0 Å². The minimum atomic E-state index is -3.76. The van der Waals surface area contributed by atoms with Crippen LogP contribution in [-0.4, -0.2) is 38.2 Å². The number of ether oxygens (including phenoxy) is 1. The third-order valence-corrected chi connectivity index (χ3v) is 3.78. The number of urea groups is 1. The molecule has 130 valence electrons. The van der Waals surface area contributed by atoms with Crippen LogP contribution >= 0.6 is 0 Å². The van der Waals surface area contributed by atoms with Gasteiger partial charge in [-0.25, -0.2) is 18.4 Å². The second-order valence-corrected chi connectivity index (χ2v) is 6.30. The second kappa shape index (κ2) is 7.86. The number of hydrogen-bond donors (Lipinski definition) is 3. The van der Waals surface area contributed by atoms with Crippen LogP contribution < -0.4 is 15.8 Å². The van der Waals surface area contributed by atoms with Crippen LogP contribution in [0.5, 0.6) is 0 Å². The first-order valence-corrected chi connectivity index (χ1v) is 8.41. The number of rotatable bonds is 7. The number of nitrogens with zero attached hydrogens (tertiary/aromatic N) is 2. The van der Waals surface area contributed by atoms with Crippen LogP contribution in [0.25, 0.3) is 0 Å². The number of methoxy groups -OCH3 is 1. The fraction of sp³-hybridized carbons (Fsp3) is 0.308. The summed E-state index contributed by atoms with van der Waals surface area (Å²) in [5.41, 5.74) is 0.431. The Morgan fingerprint density at radius 3 is 2.67 bits per heavy atom. The highest BCUT2D eigenvalue weighted by Crippen LogP contribution is 2.12. The standard InChI is InChI=1S/C13H17N5O5S/c1-22-8-11-17-12(23-18-11)6-7-15-13(19)16-9-2-4-10(5-3-9)24(14,20)21/h2-5H,6-8H2,1H3,(H2,14,20,21)(H2,15,16,19). The van der Waals surface area contributed by atoms with Gasteiger partial charge in [0.1, 0.15) is 6.61 Å². The Morgan fingerprint density at radius 1 is 1.33 bits per heavy atom. The zero-order valence-corrected chi connectivity index (χ0v) is 13.7. The summed E-state index contributed by atoms with van der Waals surface area (Å²) in [6.45, 7) is 0.543. The number of hydrogen-bond acceptors (Lipinski definition) is 7. The van der Waals surface area contributed by atoms with E-state index in [1.807, 2.05) is 0 Å². The number of nitrogens with one attached hydrogen (secondary N) is 2. The van der Waals surface area contributed by atoms with Gasteiger partial charge in [-0.2, -0.15) is 4.98 Å². The predicted molar refractivity (Wildman–Crippen MR) is 83.6 cm³/mol. The van der Waals surface area contributed by atoms with Crippen molar-refractivity contribution in [1.82, 2.24) is 15.5 Å². The van der Waals surface area contributed by atoms with Gasteiger partial charge in [-0.1, -0.05) is 5.16 Å². The number of sulfonamides is 1. The van der Waals surface area contributed by atoms with Crippen molar-refractivity contribution in [3.05, 3.63) is 36.0 Å². The van der Waals surface area contributed by atoms with Gasteiger partial charge < -0.3 is 19.9 Å². The van der Waals surface area contributed by atoms with Crippen molar-refractivity contribution in [1.29, 1.82) is 0 Å². The van der Waals surface area contributed by atoms with E-state index in [9.17, 15) is 13.2 Å². The number of carbonyl (C=O) groups is 1. The Labute approximate surface area is 138 Å². The monoisotopic (exact) mass is 355 g/mol. The summed E-state index contributed by atoms with van der Waals surface area (Å²) in [6.07, 6.45) is 0.370. The molecule has 2 rings (SSSR count). The number of benzene rings is 1. The van der Waals surface area contributed by atoms with E-state index in [1.54, 1.807) is 0 Å². The van der Waals surface area contributed by atoms with Gasteiger partial charge in [0.05, 0.1) is 4.90 Å². The van der Waals surface area contributed by atoms with Crippen molar-refractivity contribution in [3.8, 4) is 0 Å². The van der Waals surface area contributed by atoms with Gasteiger partial charge in [-0.3, -0.25) is 0 Å². The third kappa shape index (κ3) is 5.30. The van der Waals surface area contributed by atoms with E-state index in [0.29, 0.717) is 23.8 Å². The number of anilines is 1. The molecule has 10 nitrogen and oxygen atoms in total. The first-order valence-electron chi connectivity index (χ1n) is 6.86. The Kier molecular flexibility index (Phi) is 5.84. The molecule has 0 saturated heterocycles. The smallest absolute Gasteiger partial charge is 0.319 e. The average Bonchev–Trinajstić information content (AvgIpc) is 2.95. The molecular weight excluding hydrogens is 338 g/mol. The lowest BCUT2D eigenvalue weighted by Crippen LogP contribution is -2.30. The molecule has 0 aliphatic heterocycles. The molecule has 0 aliphatic carbocycles. The quantitative estimate of drug-likeness (QED) is 0.643. The maximum Gasteiger partial charge on any atom is 0.319 e. The molecule has 1 aromatic heterocycles. The minimum Gasteiger partial charge on any atom is -0.377 e. The number of carbonyl (C=O) groups excluding carboxylic acids is 1.